The number of rotatable bonds is 8. The van der Waals surface area contributed by atoms with Gasteiger partial charge in [-0.05, 0) is 51.8 Å². The molecule has 0 heterocycles. The van der Waals surface area contributed by atoms with E-state index < -0.39 is 0 Å². The van der Waals surface area contributed by atoms with Crippen LogP contribution in [0, 0.1) is 13.8 Å². The molecule has 1 rings (SSSR count). The van der Waals surface area contributed by atoms with Crippen molar-refractivity contribution in [3.8, 4) is 5.75 Å². The van der Waals surface area contributed by atoms with E-state index in [2.05, 4.69) is 30.9 Å². The second kappa shape index (κ2) is 8.67. The molecule has 0 unspecified atom stereocenters. The number of esters is 1. The largest absolute Gasteiger partial charge is 0.492 e. The topological polar surface area (TPSA) is 38.8 Å². The van der Waals surface area contributed by atoms with Gasteiger partial charge in [-0.3, -0.25) is 9.69 Å². The Morgan fingerprint density at radius 1 is 1.29 bits per heavy atom. The van der Waals surface area contributed by atoms with Gasteiger partial charge in [-0.25, -0.2) is 0 Å². The molecule has 4 heteroatoms. The molecule has 4 nitrogen and oxygen atoms in total. The monoisotopic (exact) mass is 293 g/mol. The fourth-order valence-electron chi connectivity index (χ4n) is 2.03. The SMILES string of the molecule is CCOC(=O)CN(CCOc1cc(C)ccc1C)C(C)C. The first kappa shape index (κ1) is 17.5. The van der Waals surface area contributed by atoms with Crippen molar-refractivity contribution in [3.63, 3.8) is 0 Å². The van der Waals surface area contributed by atoms with Gasteiger partial charge in [0.2, 0.25) is 0 Å². The predicted molar refractivity (Wildman–Crippen MR) is 84.8 cm³/mol. The third kappa shape index (κ3) is 6.17. The molecule has 0 aliphatic carbocycles. The van der Waals surface area contributed by atoms with E-state index >= 15 is 0 Å². The van der Waals surface area contributed by atoms with Gasteiger partial charge in [0.25, 0.3) is 0 Å². The van der Waals surface area contributed by atoms with Crippen LogP contribution >= 0.6 is 0 Å². The molecule has 0 N–H and O–H groups in total. The highest BCUT2D eigenvalue weighted by molar-refractivity contribution is 5.71. The molecule has 1 aromatic rings. The Hall–Kier alpha value is -1.55. The molecule has 0 aliphatic heterocycles. The first-order valence-electron chi connectivity index (χ1n) is 7.53. The highest BCUT2D eigenvalue weighted by atomic mass is 16.5. The fraction of sp³-hybridized carbons (Fsp3) is 0.588. The maximum Gasteiger partial charge on any atom is 0.320 e. The first-order valence-corrected chi connectivity index (χ1v) is 7.53. The zero-order chi connectivity index (χ0) is 15.8. The van der Waals surface area contributed by atoms with Crippen LogP contribution in [0.25, 0.3) is 0 Å². The maximum atomic E-state index is 11.6. The van der Waals surface area contributed by atoms with Crippen molar-refractivity contribution in [3.05, 3.63) is 29.3 Å². The molecule has 0 bridgehead atoms. The van der Waals surface area contributed by atoms with Crippen LogP contribution < -0.4 is 4.74 Å². The maximum absolute atomic E-state index is 11.6. The van der Waals surface area contributed by atoms with E-state index in [-0.39, 0.29) is 12.0 Å². The van der Waals surface area contributed by atoms with E-state index in [4.69, 9.17) is 9.47 Å². The van der Waals surface area contributed by atoms with Gasteiger partial charge in [-0.15, -0.1) is 0 Å². The first-order chi connectivity index (χ1) is 9.93. The van der Waals surface area contributed by atoms with E-state index in [1.807, 2.05) is 26.8 Å². The highest BCUT2D eigenvalue weighted by Gasteiger charge is 2.14. The molecule has 0 saturated heterocycles. The van der Waals surface area contributed by atoms with Crippen molar-refractivity contribution < 1.29 is 14.3 Å². The van der Waals surface area contributed by atoms with Gasteiger partial charge in [0.15, 0.2) is 0 Å². The lowest BCUT2D eigenvalue weighted by atomic mass is 10.1. The quantitative estimate of drug-likeness (QED) is 0.691. The van der Waals surface area contributed by atoms with Crippen LogP contribution in [-0.2, 0) is 9.53 Å². The molecule has 0 aliphatic rings. The zero-order valence-electron chi connectivity index (χ0n) is 13.8. The number of carbonyl (C=O) groups is 1. The second-order valence-corrected chi connectivity index (χ2v) is 5.49. The summed E-state index contributed by atoms with van der Waals surface area (Å²) in [6.07, 6.45) is 0. The van der Waals surface area contributed by atoms with Crippen molar-refractivity contribution in [2.24, 2.45) is 0 Å². The molecule has 21 heavy (non-hydrogen) atoms. The Balaban J connectivity index is 2.50. The minimum atomic E-state index is -0.182. The standard InChI is InChI=1S/C17H27NO3/c1-6-20-17(19)12-18(13(2)3)9-10-21-16-11-14(4)7-8-15(16)5/h7-8,11,13H,6,9-10,12H2,1-5H3. The second-order valence-electron chi connectivity index (χ2n) is 5.49. The summed E-state index contributed by atoms with van der Waals surface area (Å²) in [4.78, 5) is 13.6. The summed E-state index contributed by atoms with van der Waals surface area (Å²) in [7, 11) is 0. The molecule has 0 amide bonds. The highest BCUT2D eigenvalue weighted by Crippen LogP contribution is 2.19. The van der Waals surface area contributed by atoms with Gasteiger partial charge >= 0.3 is 5.97 Å². The average molecular weight is 293 g/mol. The van der Waals surface area contributed by atoms with Gasteiger partial charge < -0.3 is 9.47 Å². The minimum absolute atomic E-state index is 0.182. The molecule has 0 aromatic heterocycles. The molecular formula is C17H27NO3. The Labute approximate surface area is 128 Å². The van der Waals surface area contributed by atoms with E-state index in [9.17, 15) is 4.79 Å². The van der Waals surface area contributed by atoms with Crippen molar-refractivity contribution in [2.45, 2.75) is 40.7 Å². The van der Waals surface area contributed by atoms with Crippen molar-refractivity contribution >= 4 is 5.97 Å². The number of ether oxygens (including phenoxy) is 2. The van der Waals surface area contributed by atoms with Gasteiger partial charge in [0, 0.05) is 12.6 Å². The molecule has 1 aromatic carbocycles. The Morgan fingerprint density at radius 3 is 2.62 bits per heavy atom. The summed E-state index contributed by atoms with van der Waals surface area (Å²) in [5, 5.41) is 0. The summed E-state index contributed by atoms with van der Waals surface area (Å²) >= 11 is 0. The third-order valence-corrected chi connectivity index (χ3v) is 3.35. The third-order valence-electron chi connectivity index (χ3n) is 3.35. The van der Waals surface area contributed by atoms with Crippen molar-refractivity contribution in [2.75, 3.05) is 26.3 Å². The molecule has 0 saturated carbocycles. The number of nitrogens with zero attached hydrogens (tertiary/aromatic N) is 1. The molecule has 0 fully saturated rings. The summed E-state index contributed by atoms with van der Waals surface area (Å²) < 4.78 is 10.8. The van der Waals surface area contributed by atoms with Gasteiger partial charge in [0.1, 0.15) is 12.4 Å². The Morgan fingerprint density at radius 2 is 2.00 bits per heavy atom. The number of benzene rings is 1. The number of aryl methyl sites for hydroxylation is 2. The van der Waals surface area contributed by atoms with Gasteiger partial charge in [0.05, 0.1) is 13.2 Å². The lowest BCUT2D eigenvalue weighted by Crippen LogP contribution is -2.39. The van der Waals surface area contributed by atoms with Crippen LogP contribution in [0.5, 0.6) is 5.75 Å². The smallest absolute Gasteiger partial charge is 0.320 e. The number of carbonyl (C=O) groups excluding carboxylic acids is 1. The van der Waals surface area contributed by atoms with Crippen molar-refractivity contribution in [1.29, 1.82) is 0 Å². The number of hydrogen-bond acceptors (Lipinski definition) is 4. The van der Waals surface area contributed by atoms with E-state index in [1.165, 1.54) is 5.56 Å². The predicted octanol–water partition coefficient (Wildman–Crippen LogP) is 2.96. The lowest BCUT2D eigenvalue weighted by Gasteiger charge is -2.25. The molecular weight excluding hydrogens is 266 g/mol. The molecule has 0 radical (unpaired) electrons. The fourth-order valence-corrected chi connectivity index (χ4v) is 2.03. The number of hydrogen-bond donors (Lipinski definition) is 0. The van der Waals surface area contributed by atoms with E-state index in [0.29, 0.717) is 26.3 Å². The summed E-state index contributed by atoms with van der Waals surface area (Å²) in [5.41, 5.74) is 2.31. The summed E-state index contributed by atoms with van der Waals surface area (Å²) in [6, 6.07) is 6.45. The molecule has 118 valence electrons. The van der Waals surface area contributed by atoms with Crippen molar-refractivity contribution in [1.82, 2.24) is 4.90 Å². The zero-order valence-corrected chi connectivity index (χ0v) is 13.8. The Kier molecular flexibility index (Phi) is 7.23. The minimum Gasteiger partial charge on any atom is -0.492 e. The van der Waals surface area contributed by atoms with Crippen LogP contribution in [0.15, 0.2) is 18.2 Å². The summed E-state index contributed by atoms with van der Waals surface area (Å²) in [5.74, 6) is 0.729. The molecule has 0 atom stereocenters. The normalized spacial score (nSPS) is 11.0. The van der Waals surface area contributed by atoms with Gasteiger partial charge in [-0.1, -0.05) is 12.1 Å². The lowest BCUT2D eigenvalue weighted by molar-refractivity contribution is -0.145. The van der Waals surface area contributed by atoms with Crippen LogP contribution in [0.3, 0.4) is 0 Å². The van der Waals surface area contributed by atoms with Crippen LogP contribution in [-0.4, -0.2) is 43.2 Å². The average Bonchev–Trinajstić information content (AvgIpc) is 2.41. The summed E-state index contributed by atoms with van der Waals surface area (Å²) in [6.45, 7) is 12.0. The van der Waals surface area contributed by atoms with Crippen LogP contribution in [0.2, 0.25) is 0 Å². The van der Waals surface area contributed by atoms with Gasteiger partial charge in [-0.2, -0.15) is 0 Å². The van der Waals surface area contributed by atoms with E-state index in [0.717, 1.165) is 11.3 Å². The van der Waals surface area contributed by atoms with E-state index in [1.54, 1.807) is 0 Å². The van der Waals surface area contributed by atoms with Crippen LogP contribution in [0.4, 0.5) is 0 Å². The Bertz CT molecular complexity index is 457. The molecule has 0 spiro atoms. The van der Waals surface area contributed by atoms with Crippen LogP contribution in [0.1, 0.15) is 31.9 Å².